The number of carbonyl (C=O) groups is 3. The fourth-order valence-electron chi connectivity index (χ4n) is 2.93. The lowest BCUT2D eigenvalue weighted by atomic mass is 9.95. The summed E-state index contributed by atoms with van der Waals surface area (Å²) in [5, 5.41) is 6.08. The van der Waals surface area contributed by atoms with Gasteiger partial charge in [0, 0.05) is 6.04 Å². The normalized spacial score (nSPS) is 15.7. The van der Waals surface area contributed by atoms with Crippen molar-refractivity contribution in [1.82, 2.24) is 5.32 Å². The second-order valence-electron chi connectivity index (χ2n) is 6.49. The second-order valence-corrected chi connectivity index (χ2v) is 7.57. The van der Waals surface area contributed by atoms with Crippen molar-refractivity contribution >= 4 is 34.1 Å². The third-order valence-electron chi connectivity index (χ3n) is 4.39. The van der Waals surface area contributed by atoms with E-state index in [4.69, 9.17) is 9.15 Å². The number of esters is 1. The molecular formula is C19H22N2O5S. The van der Waals surface area contributed by atoms with Crippen molar-refractivity contribution in [2.75, 3.05) is 5.32 Å². The smallest absolute Gasteiger partial charge is 0.349 e. The molecule has 0 spiro atoms. The maximum absolute atomic E-state index is 12.3. The van der Waals surface area contributed by atoms with Crippen LogP contribution >= 0.6 is 11.3 Å². The summed E-state index contributed by atoms with van der Waals surface area (Å²) in [6.07, 6.45) is 5.90. The zero-order chi connectivity index (χ0) is 19.2. The number of thiophene rings is 1. The van der Waals surface area contributed by atoms with Crippen LogP contribution in [0.5, 0.6) is 0 Å². The summed E-state index contributed by atoms with van der Waals surface area (Å²) in [4.78, 5) is 36.7. The number of furan rings is 1. The Morgan fingerprint density at radius 2 is 1.96 bits per heavy atom. The molecule has 2 N–H and O–H groups in total. The van der Waals surface area contributed by atoms with E-state index in [0.717, 1.165) is 37.0 Å². The molecule has 1 aliphatic carbocycles. The fraction of sp³-hybridized carbons (Fsp3) is 0.421. The number of hydrogen-bond donors (Lipinski definition) is 2. The zero-order valence-corrected chi connectivity index (χ0v) is 15.8. The van der Waals surface area contributed by atoms with E-state index in [1.54, 1.807) is 31.2 Å². The first kappa shape index (κ1) is 19.2. The first-order valence-corrected chi connectivity index (χ1v) is 9.80. The highest BCUT2D eigenvalue weighted by molar-refractivity contribution is 7.18. The molecule has 2 aromatic heterocycles. The summed E-state index contributed by atoms with van der Waals surface area (Å²) in [5.41, 5.74) is 0. The van der Waals surface area contributed by atoms with Crippen LogP contribution in [0.3, 0.4) is 0 Å². The minimum Gasteiger partial charge on any atom is -0.459 e. The molecule has 8 heteroatoms. The summed E-state index contributed by atoms with van der Waals surface area (Å²) in [5.74, 6) is -1.09. The maximum atomic E-state index is 12.3. The van der Waals surface area contributed by atoms with Gasteiger partial charge in [-0.15, -0.1) is 11.3 Å². The van der Waals surface area contributed by atoms with E-state index in [-0.39, 0.29) is 17.7 Å². The first-order chi connectivity index (χ1) is 13.0. The maximum Gasteiger partial charge on any atom is 0.349 e. The molecule has 144 valence electrons. The lowest BCUT2D eigenvalue weighted by Crippen LogP contribution is -2.42. The quantitative estimate of drug-likeness (QED) is 0.735. The Hall–Kier alpha value is -2.61. The molecule has 1 atom stereocenters. The monoisotopic (exact) mass is 390 g/mol. The summed E-state index contributed by atoms with van der Waals surface area (Å²) < 4.78 is 10.3. The Morgan fingerprint density at radius 1 is 1.19 bits per heavy atom. The van der Waals surface area contributed by atoms with Crippen LogP contribution in [0.15, 0.2) is 34.9 Å². The molecule has 1 fully saturated rings. The molecular weight excluding hydrogens is 368 g/mol. The zero-order valence-electron chi connectivity index (χ0n) is 15.0. The highest BCUT2D eigenvalue weighted by Gasteiger charge is 2.23. The van der Waals surface area contributed by atoms with E-state index in [0.29, 0.717) is 9.88 Å². The van der Waals surface area contributed by atoms with Crippen LogP contribution in [0.1, 0.15) is 59.3 Å². The Balaban J connectivity index is 1.51. The highest BCUT2D eigenvalue weighted by Crippen LogP contribution is 2.24. The van der Waals surface area contributed by atoms with Gasteiger partial charge < -0.3 is 19.8 Å². The molecule has 2 aromatic rings. The Morgan fingerprint density at radius 3 is 2.67 bits per heavy atom. The topological polar surface area (TPSA) is 97.6 Å². The third-order valence-corrected chi connectivity index (χ3v) is 5.37. The Labute approximate surface area is 161 Å². The lowest BCUT2D eigenvalue weighted by molar-refractivity contribution is -0.130. The van der Waals surface area contributed by atoms with Crippen molar-refractivity contribution in [1.29, 1.82) is 0 Å². The van der Waals surface area contributed by atoms with Gasteiger partial charge in [-0.05, 0) is 44.0 Å². The summed E-state index contributed by atoms with van der Waals surface area (Å²) in [6.45, 7) is 1.56. The van der Waals surface area contributed by atoms with E-state index in [2.05, 4.69) is 10.6 Å². The summed E-state index contributed by atoms with van der Waals surface area (Å²) >= 11 is 1.08. The molecule has 0 aromatic carbocycles. The van der Waals surface area contributed by atoms with Gasteiger partial charge in [0.2, 0.25) is 0 Å². The molecule has 0 radical (unpaired) electrons. The molecule has 3 rings (SSSR count). The minimum absolute atomic E-state index is 0.164. The van der Waals surface area contributed by atoms with Crippen LogP contribution in [0.4, 0.5) is 5.00 Å². The molecule has 0 aliphatic heterocycles. The number of hydrogen-bond acceptors (Lipinski definition) is 6. The van der Waals surface area contributed by atoms with Gasteiger partial charge in [0.1, 0.15) is 4.88 Å². The Kier molecular flexibility index (Phi) is 6.28. The first-order valence-electron chi connectivity index (χ1n) is 8.99. The number of carbonyl (C=O) groups excluding carboxylic acids is 3. The number of ether oxygens (including phenoxy) is 1. The molecule has 1 saturated carbocycles. The lowest BCUT2D eigenvalue weighted by Gasteiger charge is -2.24. The van der Waals surface area contributed by atoms with Gasteiger partial charge in [-0.25, -0.2) is 4.79 Å². The standard InChI is InChI=1S/C19H22N2O5S/c1-12(17(22)20-13-6-3-2-4-7-13)26-19(24)15-9-10-16(27-15)21-18(23)14-8-5-11-25-14/h5,8-13H,2-4,6-7H2,1H3,(H,20,22)(H,21,23). The van der Waals surface area contributed by atoms with Crippen molar-refractivity contribution in [2.24, 2.45) is 0 Å². The van der Waals surface area contributed by atoms with Crippen molar-refractivity contribution in [3.63, 3.8) is 0 Å². The number of nitrogens with one attached hydrogen (secondary N) is 2. The molecule has 1 aliphatic rings. The Bertz CT molecular complexity index is 793. The minimum atomic E-state index is -0.873. The number of rotatable bonds is 6. The van der Waals surface area contributed by atoms with E-state index in [1.807, 2.05) is 0 Å². The van der Waals surface area contributed by atoms with Crippen LogP contribution < -0.4 is 10.6 Å². The average Bonchev–Trinajstić information content (AvgIpc) is 3.34. The van der Waals surface area contributed by atoms with E-state index < -0.39 is 18.0 Å². The van der Waals surface area contributed by atoms with Crippen molar-refractivity contribution in [2.45, 2.75) is 51.2 Å². The predicted octanol–water partition coefficient (Wildman–Crippen LogP) is 3.59. The predicted molar refractivity (Wildman–Crippen MR) is 101 cm³/mol. The van der Waals surface area contributed by atoms with Crippen LogP contribution in [-0.2, 0) is 9.53 Å². The van der Waals surface area contributed by atoms with Crippen LogP contribution in [-0.4, -0.2) is 29.9 Å². The number of amides is 2. The molecule has 7 nitrogen and oxygen atoms in total. The molecule has 0 bridgehead atoms. The summed E-state index contributed by atoms with van der Waals surface area (Å²) in [6, 6.07) is 6.49. The van der Waals surface area contributed by atoms with Gasteiger partial charge >= 0.3 is 5.97 Å². The van der Waals surface area contributed by atoms with Crippen LogP contribution in [0.2, 0.25) is 0 Å². The van der Waals surface area contributed by atoms with Gasteiger partial charge in [0.15, 0.2) is 11.9 Å². The van der Waals surface area contributed by atoms with Crippen LogP contribution in [0.25, 0.3) is 0 Å². The van der Waals surface area contributed by atoms with E-state index in [9.17, 15) is 14.4 Å². The molecule has 2 amide bonds. The average molecular weight is 390 g/mol. The second kappa shape index (κ2) is 8.85. The number of anilines is 1. The van der Waals surface area contributed by atoms with Crippen LogP contribution in [0, 0.1) is 0 Å². The van der Waals surface area contributed by atoms with Gasteiger partial charge in [0.05, 0.1) is 11.3 Å². The fourth-order valence-corrected chi connectivity index (χ4v) is 3.72. The van der Waals surface area contributed by atoms with Crippen molar-refractivity contribution < 1.29 is 23.5 Å². The molecule has 1 unspecified atom stereocenters. The summed E-state index contributed by atoms with van der Waals surface area (Å²) in [7, 11) is 0. The SMILES string of the molecule is CC(OC(=O)c1ccc(NC(=O)c2ccco2)s1)C(=O)NC1CCCCC1. The van der Waals surface area contributed by atoms with E-state index in [1.165, 1.54) is 12.7 Å². The van der Waals surface area contributed by atoms with Gasteiger partial charge in [-0.2, -0.15) is 0 Å². The van der Waals surface area contributed by atoms with Gasteiger partial charge in [0.25, 0.3) is 11.8 Å². The van der Waals surface area contributed by atoms with E-state index >= 15 is 0 Å². The van der Waals surface area contributed by atoms with Gasteiger partial charge in [-0.1, -0.05) is 19.3 Å². The van der Waals surface area contributed by atoms with Crippen molar-refractivity contribution in [3.05, 3.63) is 41.2 Å². The molecule has 27 heavy (non-hydrogen) atoms. The van der Waals surface area contributed by atoms with Crippen molar-refractivity contribution in [3.8, 4) is 0 Å². The molecule has 0 saturated heterocycles. The largest absolute Gasteiger partial charge is 0.459 e. The van der Waals surface area contributed by atoms with Gasteiger partial charge in [-0.3, -0.25) is 9.59 Å². The highest BCUT2D eigenvalue weighted by atomic mass is 32.1. The third kappa shape index (κ3) is 5.19. The molecule has 2 heterocycles.